The summed E-state index contributed by atoms with van der Waals surface area (Å²) in [6, 6.07) is 3.73. The van der Waals surface area contributed by atoms with Gasteiger partial charge < -0.3 is 14.2 Å². The van der Waals surface area contributed by atoms with Gasteiger partial charge in [0, 0.05) is 6.54 Å². The van der Waals surface area contributed by atoms with Crippen molar-refractivity contribution in [1.29, 1.82) is 0 Å². The number of rotatable bonds is 1. The summed E-state index contributed by atoms with van der Waals surface area (Å²) in [4.78, 5) is 18.4. The number of aromatic nitrogens is 2. The van der Waals surface area contributed by atoms with Crippen molar-refractivity contribution >= 4 is 22.8 Å². The Labute approximate surface area is 128 Å². The number of hydrogen-bond acceptors (Lipinski definition) is 5. The number of fused-ring (bicyclic) bond motifs is 1. The summed E-state index contributed by atoms with van der Waals surface area (Å²) < 4.78 is 10.5. The molecule has 0 fully saturated rings. The van der Waals surface area contributed by atoms with E-state index in [-0.39, 0.29) is 6.09 Å². The van der Waals surface area contributed by atoms with Crippen molar-refractivity contribution in [3.63, 3.8) is 0 Å². The molecule has 2 aromatic rings. The molecule has 1 aliphatic rings. The summed E-state index contributed by atoms with van der Waals surface area (Å²) in [7, 11) is 0. The third-order valence-corrected chi connectivity index (χ3v) is 3.34. The van der Waals surface area contributed by atoms with Gasteiger partial charge in [-0.15, -0.1) is 0 Å². The largest absolute Gasteiger partial charge is 0.444 e. The third kappa shape index (κ3) is 3.10. The molecule has 1 amide bonds. The van der Waals surface area contributed by atoms with E-state index in [1.165, 1.54) is 0 Å². The summed E-state index contributed by atoms with van der Waals surface area (Å²) in [5.74, 6) is 0. The van der Waals surface area contributed by atoms with E-state index in [0.29, 0.717) is 24.2 Å². The average molecular weight is 301 g/mol. The predicted octanol–water partition coefficient (Wildman–Crippen LogP) is 3.25. The molecule has 0 spiro atoms. The standard InChI is InChI=1S/C16H19N3O3/c1-16(2,3)21-15(20)19-8-4-5-11(10-19)12-6-7-14-13(18-12)9-17-22-14/h5-7,9H,4,8,10H2,1-3H3. The van der Waals surface area contributed by atoms with Crippen molar-refractivity contribution < 1.29 is 14.1 Å². The molecular weight excluding hydrogens is 282 g/mol. The summed E-state index contributed by atoms with van der Waals surface area (Å²) in [6.45, 7) is 6.76. The second kappa shape index (κ2) is 5.44. The fourth-order valence-electron chi connectivity index (χ4n) is 2.36. The van der Waals surface area contributed by atoms with Gasteiger partial charge in [-0.1, -0.05) is 11.2 Å². The second-order valence-corrected chi connectivity index (χ2v) is 6.33. The Hall–Kier alpha value is -2.37. The first-order valence-electron chi connectivity index (χ1n) is 7.31. The molecule has 0 aromatic carbocycles. The van der Waals surface area contributed by atoms with Gasteiger partial charge in [-0.25, -0.2) is 9.78 Å². The van der Waals surface area contributed by atoms with Gasteiger partial charge in [-0.2, -0.15) is 0 Å². The molecule has 0 unspecified atom stereocenters. The van der Waals surface area contributed by atoms with Crippen LogP contribution >= 0.6 is 0 Å². The summed E-state index contributed by atoms with van der Waals surface area (Å²) >= 11 is 0. The zero-order valence-electron chi connectivity index (χ0n) is 13.0. The highest BCUT2D eigenvalue weighted by molar-refractivity contribution is 5.78. The molecule has 2 aromatic heterocycles. The van der Waals surface area contributed by atoms with Gasteiger partial charge in [0.15, 0.2) is 5.58 Å². The number of pyridine rings is 1. The van der Waals surface area contributed by atoms with Crippen LogP contribution < -0.4 is 0 Å². The molecule has 3 heterocycles. The van der Waals surface area contributed by atoms with Crippen molar-refractivity contribution in [2.75, 3.05) is 13.1 Å². The van der Waals surface area contributed by atoms with Gasteiger partial charge in [0.25, 0.3) is 0 Å². The second-order valence-electron chi connectivity index (χ2n) is 6.33. The lowest BCUT2D eigenvalue weighted by Gasteiger charge is -2.30. The molecule has 6 nitrogen and oxygen atoms in total. The van der Waals surface area contributed by atoms with E-state index in [4.69, 9.17) is 9.26 Å². The summed E-state index contributed by atoms with van der Waals surface area (Å²) in [5.41, 5.74) is 2.74. The predicted molar refractivity (Wildman–Crippen MR) is 82.2 cm³/mol. The summed E-state index contributed by atoms with van der Waals surface area (Å²) in [5, 5.41) is 3.73. The highest BCUT2D eigenvalue weighted by atomic mass is 16.6. The minimum absolute atomic E-state index is 0.288. The minimum Gasteiger partial charge on any atom is -0.444 e. The Morgan fingerprint density at radius 3 is 2.95 bits per heavy atom. The highest BCUT2D eigenvalue weighted by Crippen LogP contribution is 2.23. The lowest BCUT2D eigenvalue weighted by molar-refractivity contribution is 0.0273. The monoisotopic (exact) mass is 301 g/mol. The third-order valence-electron chi connectivity index (χ3n) is 3.34. The minimum atomic E-state index is -0.488. The maximum absolute atomic E-state index is 12.2. The molecular formula is C16H19N3O3. The van der Waals surface area contributed by atoms with Crippen molar-refractivity contribution in [1.82, 2.24) is 15.0 Å². The number of ether oxygens (including phenoxy) is 1. The van der Waals surface area contributed by atoms with Crippen LogP contribution in [0.25, 0.3) is 16.7 Å². The van der Waals surface area contributed by atoms with E-state index in [9.17, 15) is 4.79 Å². The molecule has 0 saturated carbocycles. The van der Waals surface area contributed by atoms with E-state index in [0.717, 1.165) is 17.7 Å². The number of amides is 1. The molecule has 0 N–H and O–H groups in total. The SMILES string of the molecule is CC(C)(C)OC(=O)N1CCC=C(c2ccc3oncc3n2)C1. The fraction of sp³-hybridized carbons (Fsp3) is 0.438. The Morgan fingerprint density at radius 1 is 1.36 bits per heavy atom. The molecule has 1 aliphatic heterocycles. The first-order chi connectivity index (χ1) is 10.4. The number of nitrogens with zero attached hydrogens (tertiary/aromatic N) is 3. The molecule has 0 radical (unpaired) electrons. The molecule has 0 aliphatic carbocycles. The number of carbonyl (C=O) groups excluding carboxylic acids is 1. The van der Waals surface area contributed by atoms with Crippen LogP contribution in [0.4, 0.5) is 4.79 Å². The van der Waals surface area contributed by atoms with Crippen LogP contribution in [0.15, 0.2) is 28.9 Å². The van der Waals surface area contributed by atoms with Gasteiger partial charge in [0.1, 0.15) is 11.1 Å². The van der Waals surface area contributed by atoms with Gasteiger partial charge in [-0.3, -0.25) is 0 Å². The Kier molecular flexibility index (Phi) is 3.60. The molecule has 22 heavy (non-hydrogen) atoms. The van der Waals surface area contributed by atoms with E-state index >= 15 is 0 Å². The first-order valence-corrected chi connectivity index (χ1v) is 7.31. The average Bonchev–Trinajstić information content (AvgIpc) is 2.93. The van der Waals surface area contributed by atoms with Crippen molar-refractivity contribution in [3.05, 3.63) is 30.1 Å². The molecule has 0 atom stereocenters. The maximum Gasteiger partial charge on any atom is 0.410 e. The van der Waals surface area contributed by atoms with Gasteiger partial charge in [0.05, 0.1) is 18.4 Å². The van der Waals surface area contributed by atoms with Crippen LogP contribution in [0, 0.1) is 0 Å². The summed E-state index contributed by atoms with van der Waals surface area (Å²) in [6.07, 6.45) is 4.21. The molecule has 0 bridgehead atoms. The first kappa shape index (κ1) is 14.6. The Balaban J connectivity index is 1.77. The Morgan fingerprint density at radius 2 is 2.18 bits per heavy atom. The van der Waals surface area contributed by atoms with E-state index in [1.807, 2.05) is 32.9 Å². The number of carbonyl (C=O) groups is 1. The number of hydrogen-bond donors (Lipinski definition) is 0. The zero-order chi connectivity index (χ0) is 15.7. The van der Waals surface area contributed by atoms with E-state index in [2.05, 4.69) is 16.2 Å². The maximum atomic E-state index is 12.2. The van der Waals surface area contributed by atoms with Crippen LogP contribution in [0.1, 0.15) is 32.9 Å². The molecule has 0 saturated heterocycles. The lowest BCUT2D eigenvalue weighted by Crippen LogP contribution is -2.39. The normalized spacial score (nSPS) is 15.8. The molecule has 116 valence electrons. The van der Waals surface area contributed by atoms with Crippen LogP contribution in [0.3, 0.4) is 0 Å². The van der Waals surface area contributed by atoms with Crippen LogP contribution in [0.5, 0.6) is 0 Å². The van der Waals surface area contributed by atoms with Gasteiger partial charge in [0.2, 0.25) is 0 Å². The van der Waals surface area contributed by atoms with Gasteiger partial charge in [-0.05, 0) is 44.9 Å². The van der Waals surface area contributed by atoms with Crippen LogP contribution in [0.2, 0.25) is 0 Å². The van der Waals surface area contributed by atoms with E-state index in [1.54, 1.807) is 11.1 Å². The van der Waals surface area contributed by atoms with Gasteiger partial charge >= 0.3 is 6.09 Å². The fourth-order valence-corrected chi connectivity index (χ4v) is 2.36. The molecule has 3 rings (SSSR count). The van der Waals surface area contributed by atoms with Crippen molar-refractivity contribution in [2.24, 2.45) is 0 Å². The van der Waals surface area contributed by atoms with Crippen LogP contribution in [-0.4, -0.2) is 39.8 Å². The van der Waals surface area contributed by atoms with Crippen molar-refractivity contribution in [2.45, 2.75) is 32.8 Å². The van der Waals surface area contributed by atoms with Crippen LogP contribution in [-0.2, 0) is 4.74 Å². The highest BCUT2D eigenvalue weighted by Gasteiger charge is 2.25. The quantitative estimate of drug-likeness (QED) is 0.808. The topological polar surface area (TPSA) is 68.5 Å². The zero-order valence-corrected chi connectivity index (χ0v) is 13.0. The van der Waals surface area contributed by atoms with E-state index < -0.39 is 5.60 Å². The molecule has 6 heteroatoms. The Bertz CT molecular complexity index is 728. The lowest BCUT2D eigenvalue weighted by atomic mass is 10.1. The van der Waals surface area contributed by atoms with Crippen molar-refractivity contribution in [3.8, 4) is 0 Å². The smallest absolute Gasteiger partial charge is 0.410 e.